The molecule has 1 amide bonds. The highest BCUT2D eigenvalue weighted by Crippen LogP contribution is 2.31. The SMILES string of the molecule is N#Cc1ccc(NC(=O)CCN2CCN(c3cccc(C(F)(F)F)c3)CC2)cc1. The molecule has 8 heteroatoms. The average Bonchev–Trinajstić information content (AvgIpc) is 2.73. The molecule has 0 unspecified atom stereocenters. The van der Waals surface area contributed by atoms with Crippen LogP contribution in [0.5, 0.6) is 0 Å². The van der Waals surface area contributed by atoms with Gasteiger partial charge < -0.3 is 10.2 Å². The third kappa shape index (κ3) is 5.72. The lowest BCUT2D eigenvalue weighted by Gasteiger charge is -2.36. The third-order valence-electron chi connectivity index (χ3n) is 4.86. The molecule has 29 heavy (non-hydrogen) atoms. The summed E-state index contributed by atoms with van der Waals surface area (Å²) >= 11 is 0. The van der Waals surface area contributed by atoms with Crippen LogP contribution in [-0.2, 0) is 11.0 Å². The molecule has 1 saturated heterocycles. The number of piperazine rings is 1. The second-order valence-electron chi connectivity index (χ2n) is 6.86. The highest BCUT2D eigenvalue weighted by Gasteiger charge is 2.31. The Balaban J connectivity index is 1.45. The van der Waals surface area contributed by atoms with E-state index < -0.39 is 11.7 Å². The number of nitriles is 1. The molecule has 0 aliphatic carbocycles. The van der Waals surface area contributed by atoms with Crippen molar-refractivity contribution in [3.63, 3.8) is 0 Å². The van der Waals surface area contributed by atoms with Gasteiger partial charge in [0.1, 0.15) is 0 Å². The Morgan fingerprint density at radius 3 is 2.38 bits per heavy atom. The lowest BCUT2D eigenvalue weighted by molar-refractivity contribution is -0.137. The maximum absolute atomic E-state index is 12.9. The Labute approximate surface area is 167 Å². The van der Waals surface area contributed by atoms with E-state index in [9.17, 15) is 18.0 Å². The van der Waals surface area contributed by atoms with E-state index in [0.29, 0.717) is 56.1 Å². The van der Waals surface area contributed by atoms with E-state index in [0.717, 1.165) is 6.07 Å². The van der Waals surface area contributed by atoms with Crippen molar-refractivity contribution in [3.8, 4) is 6.07 Å². The maximum atomic E-state index is 12.9. The summed E-state index contributed by atoms with van der Waals surface area (Å²) < 4.78 is 38.7. The number of hydrogen-bond donors (Lipinski definition) is 1. The largest absolute Gasteiger partial charge is 0.416 e. The Kier molecular flexibility index (Phi) is 6.39. The molecule has 0 atom stereocenters. The predicted molar refractivity (Wildman–Crippen MR) is 105 cm³/mol. The number of hydrogen-bond acceptors (Lipinski definition) is 4. The number of rotatable bonds is 5. The molecule has 1 heterocycles. The number of benzene rings is 2. The molecule has 1 aliphatic heterocycles. The average molecular weight is 402 g/mol. The van der Waals surface area contributed by atoms with Crippen LogP contribution >= 0.6 is 0 Å². The zero-order valence-corrected chi connectivity index (χ0v) is 15.7. The van der Waals surface area contributed by atoms with Crippen molar-refractivity contribution in [1.29, 1.82) is 5.26 Å². The standard InChI is InChI=1S/C21H21F3N4O/c22-21(23,24)17-2-1-3-19(14-17)28-12-10-27(11-13-28)9-8-20(29)26-18-6-4-16(15-25)5-7-18/h1-7,14H,8-13H2,(H,26,29). The smallest absolute Gasteiger partial charge is 0.369 e. The van der Waals surface area contributed by atoms with Crippen molar-refractivity contribution in [2.45, 2.75) is 12.6 Å². The number of carbonyl (C=O) groups excluding carboxylic acids is 1. The van der Waals surface area contributed by atoms with Crippen LogP contribution in [0.3, 0.4) is 0 Å². The summed E-state index contributed by atoms with van der Waals surface area (Å²) in [5.74, 6) is -0.116. The van der Waals surface area contributed by atoms with Gasteiger partial charge in [0.05, 0.1) is 17.2 Å². The van der Waals surface area contributed by atoms with Gasteiger partial charge in [-0.15, -0.1) is 0 Å². The normalized spacial score (nSPS) is 15.0. The van der Waals surface area contributed by atoms with Gasteiger partial charge in [0, 0.05) is 50.5 Å². The molecule has 0 aromatic heterocycles. The topological polar surface area (TPSA) is 59.4 Å². The second-order valence-corrected chi connectivity index (χ2v) is 6.86. The van der Waals surface area contributed by atoms with E-state index in [1.165, 1.54) is 12.1 Å². The van der Waals surface area contributed by atoms with Crippen LogP contribution in [0.25, 0.3) is 0 Å². The quantitative estimate of drug-likeness (QED) is 0.828. The van der Waals surface area contributed by atoms with Gasteiger partial charge in [-0.25, -0.2) is 0 Å². The summed E-state index contributed by atoms with van der Waals surface area (Å²) in [6, 6.07) is 14.1. The molecule has 2 aromatic rings. The first-order valence-corrected chi connectivity index (χ1v) is 9.30. The minimum absolute atomic E-state index is 0.116. The number of nitrogens with zero attached hydrogens (tertiary/aromatic N) is 3. The van der Waals surface area contributed by atoms with E-state index >= 15 is 0 Å². The van der Waals surface area contributed by atoms with Crippen molar-refractivity contribution in [2.24, 2.45) is 0 Å². The molecule has 1 fully saturated rings. The first-order valence-electron chi connectivity index (χ1n) is 9.30. The van der Waals surface area contributed by atoms with E-state index in [4.69, 9.17) is 5.26 Å². The van der Waals surface area contributed by atoms with Crippen molar-refractivity contribution >= 4 is 17.3 Å². The van der Waals surface area contributed by atoms with E-state index in [2.05, 4.69) is 10.2 Å². The van der Waals surface area contributed by atoms with E-state index in [-0.39, 0.29) is 5.91 Å². The Morgan fingerprint density at radius 2 is 1.76 bits per heavy atom. The van der Waals surface area contributed by atoms with Gasteiger partial charge >= 0.3 is 6.18 Å². The van der Waals surface area contributed by atoms with Crippen LogP contribution in [-0.4, -0.2) is 43.5 Å². The Morgan fingerprint density at radius 1 is 1.07 bits per heavy atom. The zero-order chi connectivity index (χ0) is 20.9. The lowest BCUT2D eigenvalue weighted by Crippen LogP contribution is -2.47. The molecule has 0 bridgehead atoms. The fraction of sp³-hybridized carbons (Fsp3) is 0.333. The van der Waals surface area contributed by atoms with Crippen molar-refractivity contribution in [1.82, 2.24) is 4.90 Å². The number of amides is 1. The summed E-state index contributed by atoms with van der Waals surface area (Å²) in [6.45, 7) is 3.16. The van der Waals surface area contributed by atoms with Crippen molar-refractivity contribution in [2.75, 3.05) is 42.9 Å². The fourth-order valence-electron chi connectivity index (χ4n) is 3.22. The summed E-state index contributed by atoms with van der Waals surface area (Å²) in [7, 11) is 0. The first kappa shape index (κ1) is 20.7. The van der Waals surface area contributed by atoms with Gasteiger partial charge in [0.25, 0.3) is 0 Å². The molecular weight excluding hydrogens is 381 g/mol. The van der Waals surface area contributed by atoms with Gasteiger partial charge in [-0.1, -0.05) is 6.07 Å². The summed E-state index contributed by atoms with van der Waals surface area (Å²) in [4.78, 5) is 16.2. The Bertz CT molecular complexity index is 882. The zero-order valence-electron chi connectivity index (χ0n) is 15.7. The summed E-state index contributed by atoms with van der Waals surface area (Å²) in [5, 5.41) is 11.6. The molecule has 0 saturated carbocycles. The number of alkyl halides is 3. The van der Waals surface area contributed by atoms with Gasteiger partial charge in [-0.05, 0) is 42.5 Å². The van der Waals surface area contributed by atoms with Gasteiger partial charge in [-0.3, -0.25) is 9.69 Å². The number of halogens is 3. The van der Waals surface area contributed by atoms with Gasteiger partial charge in [0.2, 0.25) is 5.91 Å². The van der Waals surface area contributed by atoms with E-state index in [1.54, 1.807) is 30.3 Å². The fourth-order valence-corrected chi connectivity index (χ4v) is 3.22. The van der Waals surface area contributed by atoms with E-state index in [1.807, 2.05) is 11.0 Å². The molecule has 1 aliphatic rings. The van der Waals surface area contributed by atoms with Crippen LogP contribution < -0.4 is 10.2 Å². The third-order valence-corrected chi connectivity index (χ3v) is 4.86. The van der Waals surface area contributed by atoms with Crippen molar-refractivity contribution < 1.29 is 18.0 Å². The van der Waals surface area contributed by atoms with Crippen molar-refractivity contribution in [3.05, 3.63) is 59.7 Å². The molecule has 0 radical (unpaired) electrons. The molecule has 152 valence electrons. The molecule has 2 aromatic carbocycles. The van der Waals surface area contributed by atoms with Gasteiger partial charge in [-0.2, -0.15) is 18.4 Å². The molecule has 3 rings (SSSR count). The highest BCUT2D eigenvalue weighted by molar-refractivity contribution is 5.90. The van der Waals surface area contributed by atoms with Gasteiger partial charge in [0.15, 0.2) is 0 Å². The summed E-state index contributed by atoms with van der Waals surface area (Å²) in [6.07, 6.45) is -4.02. The number of carbonyl (C=O) groups is 1. The first-order chi connectivity index (χ1) is 13.8. The predicted octanol–water partition coefficient (Wildman–Crippen LogP) is 3.73. The van der Waals surface area contributed by atoms with Crippen LogP contribution in [0.1, 0.15) is 17.5 Å². The minimum Gasteiger partial charge on any atom is -0.369 e. The van der Waals surface area contributed by atoms with Crippen LogP contribution in [0.4, 0.5) is 24.5 Å². The second kappa shape index (κ2) is 8.97. The van der Waals surface area contributed by atoms with Crippen LogP contribution in [0.2, 0.25) is 0 Å². The number of anilines is 2. The van der Waals surface area contributed by atoms with Crippen LogP contribution in [0, 0.1) is 11.3 Å². The number of nitrogens with one attached hydrogen (secondary N) is 1. The lowest BCUT2D eigenvalue weighted by atomic mass is 10.1. The maximum Gasteiger partial charge on any atom is 0.416 e. The monoisotopic (exact) mass is 402 g/mol. The van der Waals surface area contributed by atoms with Crippen LogP contribution in [0.15, 0.2) is 48.5 Å². The molecule has 1 N–H and O–H groups in total. The molecular formula is C21H21F3N4O. The summed E-state index contributed by atoms with van der Waals surface area (Å²) in [5.41, 5.74) is 1.10. The Hall–Kier alpha value is -3.05. The minimum atomic E-state index is -4.35. The molecule has 0 spiro atoms. The highest BCUT2D eigenvalue weighted by atomic mass is 19.4. The molecule has 5 nitrogen and oxygen atoms in total.